The lowest BCUT2D eigenvalue weighted by atomic mass is 10.2. The van der Waals surface area contributed by atoms with Crippen molar-refractivity contribution in [3.63, 3.8) is 0 Å². The smallest absolute Gasteiger partial charge is 0.118 e. The molecule has 0 aliphatic heterocycles. The van der Waals surface area contributed by atoms with E-state index in [1.165, 1.54) is 10.5 Å². The summed E-state index contributed by atoms with van der Waals surface area (Å²) in [6.07, 6.45) is 0. The summed E-state index contributed by atoms with van der Waals surface area (Å²) in [5.41, 5.74) is 1.32. The Kier molecular flexibility index (Phi) is 4.83. The molecule has 17 heavy (non-hydrogen) atoms. The summed E-state index contributed by atoms with van der Waals surface area (Å²) < 4.78 is 5.13. The number of hydrogen-bond donors (Lipinski definition) is 0. The first-order valence-corrected chi connectivity index (χ1v) is 7.68. The molecule has 0 spiro atoms. The highest BCUT2D eigenvalue weighted by Gasteiger charge is 1.97. The topological polar surface area (TPSA) is 9.23 Å². The Bertz CT molecular complexity index is 440. The molecule has 2 aromatic carbocycles. The van der Waals surface area contributed by atoms with Gasteiger partial charge in [-0.2, -0.15) is 0 Å². The lowest BCUT2D eigenvalue weighted by Gasteiger charge is -2.03. The summed E-state index contributed by atoms with van der Waals surface area (Å²) in [6.45, 7) is 0. The number of rotatable bonds is 5. The lowest BCUT2D eigenvalue weighted by molar-refractivity contribution is 0.414. The van der Waals surface area contributed by atoms with Crippen LogP contribution in [0.15, 0.2) is 59.5 Å². The minimum Gasteiger partial charge on any atom is -0.497 e. The molecule has 2 rings (SSSR count). The highest BCUT2D eigenvalue weighted by atomic mass is 33.1. The van der Waals surface area contributed by atoms with Gasteiger partial charge in [-0.25, -0.2) is 0 Å². The van der Waals surface area contributed by atoms with Crippen LogP contribution in [0, 0.1) is 0 Å². The van der Waals surface area contributed by atoms with E-state index < -0.39 is 0 Å². The molecule has 0 aliphatic carbocycles. The molecule has 88 valence electrons. The Morgan fingerprint density at radius 3 is 2.29 bits per heavy atom. The predicted molar refractivity (Wildman–Crippen MR) is 76.6 cm³/mol. The summed E-state index contributed by atoms with van der Waals surface area (Å²) in [7, 11) is 5.35. The maximum absolute atomic E-state index is 5.13. The van der Waals surface area contributed by atoms with Crippen LogP contribution >= 0.6 is 21.6 Å². The van der Waals surface area contributed by atoms with Crippen molar-refractivity contribution in [3.05, 3.63) is 60.2 Å². The Labute approximate surface area is 110 Å². The Morgan fingerprint density at radius 1 is 0.941 bits per heavy atom. The van der Waals surface area contributed by atoms with E-state index in [9.17, 15) is 0 Å². The van der Waals surface area contributed by atoms with Crippen LogP contribution in [0.5, 0.6) is 5.75 Å². The van der Waals surface area contributed by atoms with E-state index in [0.717, 1.165) is 11.5 Å². The Morgan fingerprint density at radius 2 is 1.65 bits per heavy atom. The molecule has 0 bridgehead atoms. The summed E-state index contributed by atoms with van der Waals surface area (Å²) >= 11 is 0. The largest absolute Gasteiger partial charge is 0.497 e. The van der Waals surface area contributed by atoms with Crippen LogP contribution < -0.4 is 4.74 Å². The van der Waals surface area contributed by atoms with E-state index in [1.807, 2.05) is 39.8 Å². The highest BCUT2D eigenvalue weighted by Crippen LogP contribution is 2.33. The van der Waals surface area contributed by atoms with Crippen LogP contribution in [0.4, 0.5) is 0 Å². The van der Waals surface area contributed by atoms with Crippen molar-refractivity contribution >= 4 is 21.6 Å². The fourth-order valence-corrected chi connectivity index (χ4v) is 3.48. The van der Waals surface area contributed by atoms with Crippen LogP contribution in [0.1, 0.15) is 5.56 Å². The van der Waals surface area contributed by atoms with Crippen molar-refractivity contribution in [2.24, 2.45) is 0 Å². The molecule has 0 heterocycles. The van der Waals surface area contributed by atoms with Crippen molar-refractivity contribution in [1.29, 1.82) is 0 Å². The van der Waals surface area contributed by atoms with Crippen LogP contribution in [-0.4, -0.2) is 7.11 Å². The SMILES string of the molecule is COc1ccc(CSSc2ccccc2)cc1. The van der Waals surface area contributed by atoms with Gasteiger partial charge in [0, 0.05) is 10.6 Å². The molecule has 1 nitrogen and oxygen atoms in total. The molecule has 0 aromatic heterocycles. The van der Waals surface area contributed by atoms with Gasteiger partial charge in [0.25, 0.3) is 0 Å². The molecule has 0 unspecified atom stereocenters. The number of ether oxygens (including phenoxy) is 1. The standard InChI is InChI=1S/C14H14OS2/c1-15-13-9-7-12(8-10-13)11-16-17-14-5-3-2-4-6-14/h2-10H,11H2,1H3. The van der Waals surface area contributed by atoms with E-state index in [2.05, 4.69) is 36.4 Å². The van der Waals surface area contributed by atoms with E-state index >= 15 is 0 Å². The van der Waals surface area contributed by atoms with Gasteiger partial charge in [0.15, 0.2) is 0 Å². The predicted octanol–water partition coefficient (Wildman–Crippen LogP) is 4.64. The zero-order chi connectivity index (χ0) is 11.9. The third-order valence-electron chi connectivity index (χ3n) is 2.28. The quantitative estimate of drug-likeness (QED) is 0.727. The fourth-order valence-electron chi connectivity index (χ4n) is 1.36. The van der Waals surface area contributed by atoms with Crippen LogP contribution in [0.2, 0.25) is 0 Å². The van der Waals surface area contributed by atoms with E-state index in [0.29, 0.717) is 0 Å². The highest BCUT2D eigenvalue weighted by molar-refractivity contribution is 8.76. The summed E-state index contributed by atoms with van der Waals surface area (Å²) in [5.74, 6) is 1.92. The fraction of sp³-hybridized carbons (Fsp3) is 0.143. The minimum atomic E-state index is 0.912. The van der Waals surface area contributed by atoms with Crippen molar-refractivity contribution in [3.8, 4) is 5.75 Å². The third kappa shape index (κ3) is 4.02. The second-order valence-electron chi connectivity index (χ2n) is 3.51. The molecule has 0 N–H and O–H groups in total. The maximum Gasteiger partial charge on any atom is 0.118 e. The van der Waals surface area contributed by atoms with Crippen LogP contribution in [0.3, 0.4) is 0 Å². The monoisotopic (exact) mass is 262 g/mol. The second-order valence-corrected chi connectivity index (χ2v) is 5.88. The third-order valence-corrected chi connectivity index (χ3v) is 4.60. The van der Waals surface area contributed by atoms with Crippen molar-refractivity contribution in [2.45, 2.75) is 10.6 Å². The summed E-state index contributed by atoms with van der Waals surface area (Å²) in [6, 6.07) is 18.7. The number of hydrogen-bond acceptors (Lipinski definition) is 3. The van der Waals surface area contributed by atoms with Crippen LogP contribution in [-0.2, 0) is 5.75 Å². The molecule has 3 heteroatoms. The molecular formula is C14H14OS2. The molecule has 0 atom stereocenters. The average Bonchev–Trinajstić information content (AvgIpc) is 2.41. The van der Waals surface area contributed by atoms with Crippen LogP contribution in [0.25, 0.3) is 0 Å². The molecule has 0 aliphatic rings. The molecule has 0 amide bonds. The van der Waals surface area contributed by atoms with Gasteiger partial charge >= 0.3 is 0 Å². The van der Waals surface area contributed by atoms with Crippen molar-refractivity contribution in [2.75, 3.05) is 7.11 Å². The molecule has 0 fully saturated rings. The van der Waals surface area contributed by atoms with Gasteiger partial charge < -0.3 is 4.74 Å². The zero-order valence-electron chi connectivity index (χ0n) is 9.63. The zero-order valence-corrected chi connectivity index (χ0v) is 11.3. The first-order chi connectivity index (χ1) is 8.38. The Balaban J connectivity index is 1.82. The molecule has 0 radical (unpaired) electrons. The number of methoxy groups -OCH3 is 1. The van der Waals surface area contributed by atoms with E-state index in [-0.39, 0.29) is 0 Å². The van der Waals surface area contributed by atoms with Gasteiger partial charge in [-0.1, -0.05) is 51.9 Å². The van der Waals surface area contributed by atoms with Crippen molar-refractivity contribution in [1.82, 2.24) is 0 Å². The van der Waals surface area contributed by atoms with Gasteiger partial charge in [-0.3, -0.25) is 0 Å². The minimum absolute atomic E-state index is 0.912. The van der Waals surface area contributed by atoms with E-state index in [4.69, 9.17) is 4.74 Å². The van der Waals surface area contributed by atoms with Gasteiger partial charge in [0.05, 0.1) is 7.11 Å². The molecule has 2 aromatic rings. The summed E-state index contributed by atoms with van der Waals surface area (Å²) in [5, 5.41) is 0. The Hall–Kier alpha value is -1.06. The molecule has 0 saturated heterocycles. The van der Waals surface area contributed by atoms with Gasteiger partial charge in [0.1, 0.15) is 5.75 Å². The first kappa shape index (κ1) is 12.4. The summed E-state index contributed by atoms with van der Waals surface area (Å²) in [4.78, 5) is 1.30. The van der Waals surface area contributed by atoms with Gasteiger partial charge in [-0.05, 0) is 29.8 Å². The van der Waals surface area contributed by atoms with Crippen molar-refractivity contribution < 1.29 is 4.74 Å². The number of benzene rings is 2. The lowest BCUT2D eigenvalue weighted by Crippen LogP contribution is -1.83. The molecular weight excluding hydrogens is 248 g/mol. The average molecular weight is 262 g/mol. The van der Waals surface area contributed by atoms with Gasteiger partial charge in [-0.15, -0.1) is 0 Å². The first-order valence-electron chi connectivity index (χ1n) is 5.36. The maximum atomic E-state index is 5.13. The second kappa shape index (κ2) is 6.62. The van der Waals surface area contributed by atoms with Gasteiger partial charge in [0.2, 0.25) is 0 Å². The molecule has 0 saturated carbocycles. The normalized spacial score (nSPS) is 10.2. The van der Waals surface area contributed by atoms with E-state index in [1.54, 1.807) is 7.11 Å².